The molecule has 104 valence electrons. The van der Waals surface area contributed by atoms with Crippen LogP contribution in [0.1, 0.15) is 42.5 Å². The fraction of sp³-hybridized carbons (Fsp3) is 0.643. The second kappa shape index (κ2) is 5.82. The van der Waals surface area contributed by atoms with Crippen molar-refractivity contribution in [2.24, 2.45) is 5.92 Å². The summed E-state index contributed by atoms with van der Waals surface area (Å²) < 4.78 is 0. The third-order valence-corrected chi connectivity index (χ3v) is 4.57. The summed E-state index contributed by atoms with van der Waals surface area (Å²) in [6, 6.07) is -0.241. The van der Waals surface area contributed by atoms with E-state index in [1.807, 2.05) is 27.0 Å². The molecule has 0 spiro atoms. The van der Waals surface area contributed by atoms with Gasteiger partial charge in [0.1, 0.15) is 11.3 Å². The Morgan fingerprint density at radius 1 is 1.58 bits per heavy atom. The lowest BCUT2D eigenvalue weighted by Gasteiger charge is -2.27. The van der Waals surface area contributed by atoms with Crippen LogP contribution < -0.4 is 0 Å². The van der Waals surface area contributed by atoms with Gasteiger partial charge in [0.2, 0.25) is 5.91 Å². The zero-order valence-corrected chi connectivity index (χ0v) is 12.4. The van der Waals surface area contributed by atoms with Crippen molar-refractivity contribution in [3.8, 4) is 0 Å². The van der Waals surface area contributed by atoms with Crippen LogP contribution in [0, 0.1) is 12.8 Å². The van der Waals surface area contributed by atoms with Gasteiger partial charge in [-0.2, -0.15) is 0 Å². The van der Waals surface area contributed by atoms with Crippen LogP contribution >= 0.6 is 11.3 Å². The maximum absolute atomic E-state index is 12.7. The van der Waals surface area contributed by atoms with Crippen molar-refractivity contribution >= 4 is 23.5 Å². The van der Waals surface area contributed by atoms with Gasteiger partial charge in [-0.1, -0.05) is 13.8 Å². The molecule has 2 heterocycles. The number of rotatable bonds is 4. The van der Waals surface area contributed by atoms with Gasteiger partial charge < -0.3 is 9.69 Å². The number of hydrogen-bond acceptors (Lipinski definition) is 4. The van der Waals surface area contributed by atoms with E-state index in [0.29, 0.717) is 6.54 Å². The second-order valence-electron chi connectivity index (χ2n) is 5.41. The summed E-state index contributed by atoms with van der Waals surface area (Å²) >= 11 is 1.57. The van der Waals surface area contributed by atoms with E-state index in [1.165, 1.54) is 0 Å². The third-order valence-electron chi connectivity index (χ3n) is 3.58. The van der Waals surface area contributed by atoms with Crippen molar-refractivity contribution in [2.45, 2.75) is 45.6 Å². The molecule has 2 rings (SSSR count). The summed E-state index contributed by atoms with van der Waals surface area (Å²) in [5.74, 6) is 0.0177. The molecular formula is C14H20N2O2S. The fourth-order valence-corrected chi connectivity index (χ4v) is 3.62. The summed E-state index contributed by atoms with van der Waals surface area (Å²) in [6.45, 7) is 6.75. The highest BCUT2D eigenvalue weighted by Gasteiger charge is 2.36. The Bertz CT molecular complexity index is 470. The van der Waals surface area contributed by atoms with Gasteiger partial charge in [0.05, 0.1) is 12.0 Å². The molecule has 5 heteroatoms. The van der Waals surface area contributed by atoms with Gasteiger partial charge in [0, 0.05) is 17.6 Å². The number of carbonyl (C=O) groups is 2. The molecule has 2 atom stereocenters. The second-order valence-corrected chi connectivity index (χ2v) is 6.67. The summed E-state index contributed by atoms with van der Waals surface area (Å²) in [7, 11) is 0. The number of thiazole rings is 1. The molecule has 1 aliphatic heterocycles. The predicted molar refractivity (Wildman–Crippen MR) is 75.2 cm³/mol. The van der Waals surface area contributed by atoms with Gasteiger partial charge in [0.25, 0.3) is 0 Å². The van der Waals surface area contributed by atoms with E-state index in [9.17, 15) is 9.59 Å². The summed E-state index contributed by atoms with van der Waals surface area (Å²) in [5, 5.41) is 0.869. The van der Waals surface area contributed by atoms with Crippen LogP contribution in [0.3, 0.4) is 0 Å². The summed E-state index contributed by atoms with van der Waals surface area (Å²) in [4.78, 5) is 31.0. The Kier molecular flexibility index (Phi) is 4.34. The van der Waals surface area contributed by atoms with Gasteiger partial charge in [-0.25, -0.2) is 4.98 Å². The lowest BCUT2D eigenvalue weighted by Crippen LogP contribution is -2.40. The molecule has 0 aliphatic carbocycles. The van der Waals surface area contributed by atoms with Gasteiger partial charge in [0.15, 0.2) is 0 Å². The maximum atomic E-state index is 12.7. The molecule has 0 bridgehead atoms. The van der Waals surface area contributed by atoms with Crippen LogP contribution in [-0.2, 0) is 9.59 Å². The summed E-state index contributed by atoms with van der Waals surface area (Å²) in [5.41, 5.74) is 0. The molecule has 1 fully saturated rings. The van der Waals surface area contributed by atoms with Crippen molar-refractivity contribution in [3.05, 3.63) is 16.1 Å². The normalized spacial score (nSPS) is 20.8. The Labute approximate surface area is 117 Å². The topological polar surface area (TPSA) is 50.3 Å². The zero-order valence-electron chi connectivity index (χ0n) is 11.6. The average molecular weight is 280 g/mol. The van der Waals surface area contributed by atoms with Crippen LogP contribution in [-0.4, -0.2) is 34.7 Å². The van der Waals surface area contributed by atoms with Crippen molar-refractivity contribution in [3.63, 3.8) is 0 Å². The minimum absolute atomic E-state index is 0.0546. The van der Waals surface area contributed by atoms with Crippen molar-refractivity contribution in [2.75, 3.05) is 6.54 Å². The first-order valence-electron chi connectivity index (χ1n) is 6.72. The highest BCUT2D eigenvalue weighted by Crippen LogP contribution is 2.32. The quantitative estimate of drug-likeness (QED) is 0.796. The first-order chi connectivity index (χ1) is 9.04. The number of nitrogens with zero attached hydrogens (tertiary/aromatic N) is 2. The Morgan fingerprint density at radius 2 is 2.32 bits per heavy atom. The van der Waals surface area contributed by atoms with Gasteiger partial charge in [-0.3, -0.25) is 4.79 Å². The first kappa shape index (κ1) is 14.2. The highest BCUT2D eigenvalue weighted by molar-refractivity contribution is 7.11. The van der Waals surface area contributed by atoms with E-state index in [1.54, 1.807) is 16.2 Å². The number of carbonyl (C=O) groups excluding carboxylic acids is 2. The third kappa shape index (κ3) is 2.86. The first-order valence-corrected chi connectivity index (χ1v) is 7.54. The molecule has 4 nitrogen and oxygen atoms in total. The lowest BCUT2D eigenvalue weighted by molar-refractivity contribution is -0.136. The Morgan fingerprint density at radius 3 is 2.84 bits per heavy atom. The lowest BCUT2D eigenvalue weighted by atomic mass is 9.94. The number of hydrogen-bond donors (Lipinski definition) is 0. The van der Waals surface area contributed by atoms with Crippen LogP contribution in [0.15, 0.2) is 6.20 Å². The SMILES string of the molecule is Cc1cnc(C(C(=O)N2CCCC2C=O)C(C)C)s1. The monoisotopic (exact) mass is 280 g/mol. The van der Waals surface area contributed by atoms with E-state index in [4.69, 9.17) is 0 Å². The van der Waals surface area contributed by atoms with Crippen molar-refractivity contribution in [1.82, 2.24) is 9.88 Å². The van der Waals surface area contributed by atoms with Crippen LogP contribution in [0.5, 0.6) is 0 Å². The smallest absolute Gasteiger partial charge is 0.233 e. The Hall–Kier alpha value is -1.23. The number of aryl methyl sites for hydroxylation is 1. The maximum Gasteiger partial charge on any atom is 0.233 e. The zero-order chi connectivity index (χ0) is 14.0. The molecule has 2 unspecified atom stereocenters. The van der Waals surface area contributed by atoms with Crippen LogP contribution in [0.25, 0.3) is 0 Å². The van der Waals surface area contributed by atoms with E-state index in [-0.39, 0.29) is 23.8 Å². The average Bonchev–Trinajstić information content (AvgIpc) is 2.97. The van der Waals surface area contributed by atoms with Crippen molar-refractivity contribution in [1.29, 1.82) is 0 Å². The molecule has 0 saturated carbocycles. The number of likely N-dealkylation sites (tertiary alicyclic amines) is 1. The number of aromatic nitrogens is 1. The fourth-order valence-electron chi connectivity index (χ4n) is 2.58. The van der Waals surface area contributed by atoms with Crippen molar-refractivity contribution < 1.29 is 9.59 Å². The predicted octanol–water partition coefficient (Wildman–Crippen LogP) is 2.38. The Balaban J connectivity index is 2.24. The molecule has 0 radical (unpaired) electrons. The van der Waals surface area contributed by atoms with Gasteiger partial charge in [-0.05, 0) is 25.7 Å². The largest absolute Gasteiger partial charge is 0.332 e. The van der Waals surface area contributed by atoms with E-state index < -0.39 is 0 Å². The van der Waals surface area contributed by atoms with E-state index in [2.05, 4.69) is 4.98 Å². The summed E-state index contributed by atoms with van der Waals surface area (Å²) in [6.07, 6.45) is 4.41. The molecule has 1 aliphatic rings. The van der Waals surface area contributed by atoms with Gasteiger partial charge in [-0.15, -0.1) is 11.3 Å². The molecule has 19 heavy (non-hydrogen) atoms. The molecular weight excluding hydrogens is 260 g/mol. The molecule has 1 saturated heterocycles. The molecule has 0 aromatic carbocycles. The van der Waals surface area contributed by atoms with Crippen LogP contribution in [0.2, 0.25) is 0 Å². The molecule has 0 N–H and O–H groups in total. The van der Waals surface area contributed by atoms with E-state index >= 15 is 0 Å². The standard InChI is InChI=1S/C14H20N2O2S/c1-9(2)12(13-15-7-10(3)19-13)14(18)16-6-4-5-11(16)8-17/h7-9,11-12H,4-6H2,1-3H3. The van der Waals surface area contributed by atoms with Gasteiger partial charge >= 0.3 is 0 Å². The molecule has 1 amide bonds. The number of aldehydes is 1. The highest BCUT2D eigenvalue weighted by atomic mass is 32.1. The minimum Gasteiger partial charge on any atom is -0.332 e. The molecule has 1 aromatic rings. The number of amides is 1. The van der Waals surface area contributed by atoms with Crippen LogP contribution in [0.4, 0.5) is 0 Å². The minimum atomic E-state index is -0.241. The van der Waals surface area contributed by atoms with E-state index in [0.717, 1.165) is 29.0 Å². The molecule has 1 aromatic heterocycles.